The Morgan fingerprint density at radius 1 is 0.872 bits per heavy atom. The summed E-state index contributed by atoms with van der Waals surface area (Å²) >= 11 is 0. The molecule has 4 rings (SSSR count). The molecular weight excluding hydrogens is 538 g/mol. The van der Waals surface area contributed by atoms with Crippen molar-refractivity contribution >= 4 is 31.6 Å². The van der Waals surface area contributed by atoms with Crippen LogP contribution in [0.15, 0.2) is 83.8 Å². The third-order valence-electron chi connectivity index (χ3n) is 6.42. The molecule has 1 fully saturated rings. The van der Waals surface area contributed by atoms with Gasteiger partial charge in [0.05, 0.1) is 29.9 Å². The molecule has 39 heavy (non-hydrogen) atoms. The van der Waals surface area contributed by atoms with Crippen molar-refractivity contribution in [3.05, 3.63) is 90.0 Å². The molecule has 0 atom stereocenters. The van der Waals surface area contributed by atoms with E-state index in [2.05, 4.69) is 5.32 Å². The number of sulfonamides is 2. The molecule has 11 heteroatoms. The molecule has 3 aromatic rings. The van der Waals surface area contributed by atoms with E-state index in [0.29, 0.717) is 30.1 Å². The van der Waals surface area contributed by atoms with Crippen LogP contribution in [0.1, 0.15) is 35.2 Å². The van der Waals surface area contributed by atoms with Gasteiger partial charge in [-0.15, -0.1) is 0 Å². The van der Waals surface area contributed by atoms with Gasteiger partial charge in [0.25, 0.3) is 5.91 Å². The number of carbonyl (C=O) groups is 1. The van der Waals surface area contributed by atoms with Gasteiger partial charge in [0.1, 0.15) is 12.4 Å². The summed E-state index contributed by atoms with van der Waals surface area (Å²) in [6.45, 7) is 1.71. The molecule has 0 radical (unpaired) electrons. The SMILES string of the molecule is CS(=O)(=O)N(Cc1ccccc1)c1ccc(C(=O)NCCOc2ccc(S(=O)(=O)N3CCCCC3)cc2)cc1. The zero-order valence-corrected chi connectivity index (χ0v) is 23.5. The lowest BCUT2D eigenvalue weighted by Crippen LogP contribution is -2.35. The van der Waals surface area contributed by atoms with Gasteiger partial charge >= 0.3 is 0 Å². The molecule has 1 N–H and O–H groups in total. The van der Waals surface area contributed by atoms with Gasteiger partial charge < -0.3 is 10.1 Å². The highest BCUT2D eigenvalue weighted by Crippen LogP contribution is 2.23. The molecule has 0 bridgehead atoms. The first-order valence-electron chi connectivity index (χ1n) is 12.8. The molecular formula is C28H33N3O6S2. The van der Waals surface area contributed by atoms with Crippen LogP contribution in [-0.2, 0) is 26.6 Å². The summed E-state index contributed by atoms with van der Waals surface area (Å²) in [7, 11) is -7.02. The lowest BCUT2D eigenvalue weighted by Gasteiger charge is -2.25. The minimum atomic E-state index is -3.53. The van der Waals surface area contributed by atoms with Gasteiger partial charge in [-0.25, -0.2) is 16.8 Å². The summed E-state index contributed by atoms with van der Waals surface area (Å²) in [5, 5.41) is 2.77. The van der Waals surface area contributed by atoms with Gasteiger partial charge in [-0.2, -0.15) is 4.31 Å². The molecule has 1 heterocycles. The number of carbonyl (C=O) groups excluding carboxylic acids is 1. The summed E-state index contributed by atoms with van der Waals surface area (Å²) in [5.41, 5.74) is 1.70. The van der Waals surface area contributed by atoms with Crippen LogP contribution in [0.4, 0.5) is 5.69 Å². The van der Waals surface area contributed by atoms with Crippen LogP contribution in [0, 0.1) is 0 Å². The predicted molar refractivity (Wildman–Crippen MR) is 151 cm³/mol. The minimum absolute atomic E-state index is 0.188. The number of anilines is 1. The van der Waals surface area contributed by atoms with Gasteiger partial charge in [-0.05, 0) is 66.9 Å². The first-order valence-corrected chi connectivity index (χ1v) is 16.1. The van der Waals surface area contributed by atoms with Crippen LogP contribution < -0.4 is 14.4 Å². The fraction of sp³-hybridized carbons (Fsp3) is 0.321. The number of hydrogen-bond acceptors (Lipinski definition) is 6. The van der Waals surface area contributed by atoms with Crippen molar-refractivity contribution < 1.29 is 26.4 Å². The van der Waals surface area contributed by atoms with E-state index >= 15 is 0 Å². The highest BCUT2D eigenvalue weighted by Gasteiger charge is 2.25. The summed E-state index contributed by atoms with van der Waals surface area (Å²) in [6, 6.07) is 21.9. The molecule has 0 unspecified atom stereocenters. The molecule has 208 valence electrons. The molecule has 0 aliphatic carbocycles. The summed E-state index contributed by atoms with van der Waals surface area (Å²) < 4.78 is 58.8. The average molecular weight is 572 g/mol. The summed E-state index contributed by atoms with van der Waals surface area (Å²) in [5.74, 6) is 0.188. The van der Waals surface area contributed by atoms with E-state index in [0.717, 1.165) is 31.1 Å². The maximum Gasteiger partial charge on any atom is 0.251 e. The van der Waals surface area contributed by atoms with Crippen LogP contribution in [0.5, 0.6) is 5.75 Å². The van der Waals surface area contributed by atoms with Crippen LogP contribution >= 0.6 is 0 Å². The average Bonchev–Trinajstić information content (AvgIpc) is 2.95. The molecule has 1 aliphatic rings. The largest absolute Gasteiger partial charge is 0.492 e. The monoisotopic (exact) mass is 571 g/mol. The Labute approximate surface area is 230 Å². The van der Waals surface area contributed by atoms with Crippen molar-refractivity contribution in [2.75, 3.05) is 36.8 Å². The zero-order chi connectivity index (χ0) is 27.9. The van der Waals surface area contributed by atoms with Crippen molar-refractivity contribution in [3.8, 4) is 5.75 Å². The van der Waals surface area contributed by atoms with E-state index in [1.54, 1.807) is 36.4 Å². The highest BCUT2D eigenvalue weighted by atomic mass is 32.2. The quantitative estimate of drug-likeness (QED) is 0.352. The minimum Gasteiger partial charge on any atom is -0.492 e. The van der Waals surface area contributed by atoms with E-state index in [4.69, 9.17) is 4.74 Å². The molecule has 1 amide bonds. The van der Waals surface area contributed by atoms with Gasteiger partial charge in [0.15, 0.2) is 0 Å². The van der Waals surface area contributed by atoms with Crippen molar-refractivity contribution in [2.45, 2.75) is 30.7 Å². The number of rotatable bonds is 11. The van der Waals surface area contributed by atoms with Crippen LogP contribution in [-0.4, -0.2) is 59.5 Å². The Morgan fingerprint density at radius 2 is 1.51 bits per heavy atom. The van der Waals surface area contributed by atoms with E-state index < -0.39 is 20.0 Å². The van der Waals surface area contributed by atoms with Crippen LogP contribution in [0.2, 0.25) is 0 Å². The summed E-state index contributed by atoms with van der Waals surface area (Å²) in [6.07, 6.45) is 3.96. The summed E-state index contributed by atoms with van der Waals surface area (Å²) in [4.78, 5) is 12.8. The topological polar surface area (TPSA) is 113 Å². The number of nitrogens with zero attached hydrogens (tertiary/aromatic N) is 2. The fourth-order valence-electron chi connectivity index (χ4n) is 4.33. The van der Waals surface area contributed by atoms with Gasteiger partial charge in [-0.1, -0.05) is 36.8 Å². The Balaban J connectivity index is 1.28. The second-order valence-corrected chi connectivity index (χ2v) is 13.2. The van der Waals surface area contributed by atoms with E-state index in [-0.39, 0.29) is 30.5 Å². The number of amides is 1. The van der Waals surface area contributed by atoms with Gasteiger partial charge in [-0.3, -0.25) is 9.10 Å². The Morgan fingerprint density at radius 3 is 2.13 bits per heavy atom. The first kappa shape index (κ1) is 28.6. The second-order valence-electron chi connectivity index (χ2n) is 9.34. The number of benzene rings is 3. The number of piperidine rings is 1. The fourth-order valence-corrected chi connectivity index (χ4v) is 6.73. The molecule has 0 saturated carbocycles. The van der Waals surface area contributed by atoms with Crippen molar-refractivity contribution in [3.63, 3.8) is 0 Å². The Bertz CT molecular complexity index is 1450. The second kappa shape index (κ2) is 12.6. The molecule has 0 aromatic heterocycles. The standard InChI is InChI=1S/C28H33N3O6S2/c1-38(33,34)31(22-23-8-4-2-5-9-23)25-12-10-24(11-13-25)28(32)29-18-21-37-26-14-16-27(17-15-26)39(35,36)30-19-6-3-7-20-30/h2,4-5,8-17H,3,6-7,18-22H2,1H3,(H,29,32). The molecule has 1 saturated heterocycles. The number of nitrogens with one attached hydrogen (secondary N) is 1. The smallest absolute Gasteiger partial charge is 0.251 e. The first-order chi connectivity index (χ1) is 18.6. The van der Waals surface area contributed by atoms with Gasteiger partial charge in [0, 0.05) is 18.7 Å². The number of hydrogen-bond donors (Lipinski definition) is 1. The van der Waals surface area contributed by atoms with Crippen molar-refractivity contribution in [2.24, 2.45) is 0 Å². The van der Waals surface area contributed by atoms with Crippen molar-refractivity contribution in [1.82, 2.24) is 9.62 Å². The molecule has 1 aliphatic heterocycles. The van der Waals surface area contributed by atoms with E-state index in [1.165, 1.54) is 20.7 Å². The predicted octanol–water partition coefficient (Wildman–Crippen LogP) is 3.64. The molecule has 0 spiro atoms. The highest BCUT2D eigenvalue weighted by molar-refractivity contribution is 7.92. The zero-order valence-electron chi connectivity index (χ0n) is 21.8. The third kappa shape index (κ3) is 7.59. The lowest BCUT2D eigenvalue weighted by atomic mass is 10.2. The number of ether oxygens (including phenoxy) is 1. The van der Waals surface area contributed by atoms with Crippen LogP contribution in [0.25, 0.3) is 0 Å². The normalized spacial score (nSPS) is 14.5. The third-order valence-corrected chi connectivity index (χ3v) is 9.47. The Kier molecular flexibility index (Phi) is 9.26. The van der Waals surface area contributed by atoms with E-state index in [9.17, 15) is 21.6 Å². The van der Waals surface area contributed by atoms with Crippen LogP contribution in [0.3, 0.4) is 0 Å². The lowest BCUT2D eigenvalue weighted by molar-refractivity contribution is 0.0947. The van der Waals surface area contributed by atoms with Gasteiger partial charge in [0.2, 0.25) is 20.0 Å². The van der Waals surface area contributed by atoms with E-state index in [1.807, 2.05) is 30.3 Å². The molecule has 9 nitrogen and oxygen atoms in total. The maximum atomic E-state index is 12.8. The maximum absolute atomic E-state index is 12.8. The van der Waals surface area contributed by atoms with Crippen molar-refractivity contribution in [1.29, 1.82) is 0 Å². The Hall–Kier alpha value is -3.41. The molecule has 3 aromatic carbocycles.